The van der Waals surface area contributed by atoms with E-state index in [-0.39, 0.29) is 0 Å². The molecule has 6 heteroatoms. The second kappa shape index (κ2) is 11.8. The van der Waals surface area contributed by atoms with Crippen molar-refractivity contribution in [2.45, 2.75) is 38.5 Å². The van der Waals surface area contributed by atoms with E-state index >= 15 is 0 Å². The van der Waals surface area contributed by atoms with Crippen molar-refractivity contribution in [1.82, 2.24) is 10.6 Å². The number of benzene rings is 2. The van der Waals surface area contributed by atoms with Crippen molar-refractivity contribution in [3.05, 3.63) is 70.2 Å². The average Bonchev–Trinajstić information content (AvgIpc) is 2.76. The summed E-state index contributed by atoms with van der Waals surface area (Å²) < 4.78 is 11.4. The molecule has 3 rings (SSSR count). The molecule has 0 aromatic heterocycles. The van der Waals surface area contributed by atoms with E-state index < -0.39 is 0 Å². The standard InChI is InChI=1S/C23H30ClN3O2/c1-25-23(26-11-8-18-4-3-7-21(24)15-18)27-16-19-5-2-6-20(14-19)17-29-22-9-12-28-13-10-22/h2-7,14-15,22H,8-13,16-17H2,1H3,(H2,25,26,27). The van der Waals surface area contributed by atoms with Gasteiger partial charge in [0.1, 0.15) is 0 Å². The van der Waals surface area contributed by atoms with E-state index in [1.807, 2.05) is 18.2 Å². The van der Waals surface area contributed by atoms with Crippen LogP contribution in [0, 0.1) is 0 Å². The highest BCUT2D eigenvalue weighted by Gasteiger charge is 2.14. The predicted molar refractivity (Wildman–Crippen MR) is 118 cm³/mol. The van der Waals surface area contributed by atoms with Crippen molar-refractivity contribution in [2.75, 3.05) is 26.8 Å². The summed E-state index contributed by atoms with van der Waals surface area (Å²) in [6.07, 6.45) is 3.17. The summed E-state index contributed by atoms with van der Waals surface area (Å²) in [5.41, 5.74) is 3.60. The van der Waals surface area contributed by atoms with Crippen LogP contribution in [0.4, 0.5) is 0 Å². The fourth-order valence-electron chi connectivity index (χ4n) is 3.31. The van der Waals surface area contributed by atoms with Crippen LogP contribution in [0.15, 0.2) is 53.5 Å². The Morgan fingerprint density at radius 1 is 1.07 bits per heavy atom. The van der Waals surface area contributed by atoms with E-state index in [4.69, 9.17) is 21.1 Å². The van der Waals surface area contributed by atoms with Crippen molar-refractivity contribution in [2.24, 2.45) is 4.99 Å². The number of nitrogens with one attached hydrogen (secondary N) is 2. The van der Waals surface area contributed by atoms with Gasteiger partial charge in [-0.2, -0.15) is 0 Å². The molecule has 1 fully saturated rings. The van der Waals surface area contributed by atoms with Crippen molar-refractivity contribution in [3.8, 4) is 0 Å². The molecule has 0 spiro atoms. The van der Waals surface area contributed by atoms with Crippen LogP contribution in [0.5, 0.6) is 0 Å². The van der Waals surface area contributed by atoms with Crippen LogP contribution >= 0.6 is 11.6 Å². The van der Waals surface area contributed by atoms with Crippen molar-refractivity contribution in [1.29, 1.82) is 0 Å². The number of guanidine groups is 1. The molecule has 0 bridgehead atoms. The van der Waals surface area contributed by atoms with Crippen LogP contribution in [0.25, 0.3) is 0 Å². The van der Waals surface area contributed by atoms with Crippen LogP contribution in [-0.4, -0.2) is 38.9 Å². The van der Waals surface area contributed by atoms with Gasteiger partial charge in [0.15, 0.2) is 5.96 Å². The van der Waals surface area contributed by atoms with Gasteiger partial charge in [0, 0.05) is 38.4 Å². The smallest absolute Gasteiger partial charge is 0.191 e. The summed E-state index contributed by atoms with van der Waals surface area (Å²) in [5.74, 6) is 0.788. The number of rotatable bonds is 8. The third kappa shape index (κ3) is 7.69. The van der Waals surface area contributed by atoms with Gasteiger partial charge < -0.3 is 20.1 Å². The molecule has 2 N–H and O–H groups in total. The van der Waals surface area contributed by atoms with E-state index in [0.29, 0.717) is 19.3 Å². The van der Waals surface area contributed by atoms with Crippen LogP contribution in [0.2, 0.25) is 5.02 Å². The summed E-state index contributed by atoms with van der Waals surface area (Å²) in [5, 5.41) is 7.49. The fraction of sp³-hybridized carbons (Fsp3) is 0.435. The van der Waals surface area contributed by atoms with E-state index in [1.54, 1.807) is 7.05 Å². The van der Waals surface area contributed by atoms with Gasteiger partial charge in [-0.15, -0.1) is 0 Å². The molecule has 0 atom stereocenters. The molecule has 29 heavy (non-hydrogen) atoms. The fourth-order valence-corrected chi connectivity index (χ4v) is 3.52. The zero-order valence-corrected chi connectivity index (χ0v) is 17.8. The van der Waals surface area contributed by atoms with E-state index in [2.05, 4.69) is 46.0 Å². The second-order valence-corrected chi connectivity index (χ2v) is 7.61. The first-order valence-corrected chi connectivity index (χ1v) is 10.6. The maximum atomic E-state index is 6.04. The van der Waals surface area contributed by atoms with Gasteiger partial charge in [0.05, 0.1) is 12.7 Å². The summed E-state index contributed by atoms with van der Waals surface area (Å²) in [7, 11) is 1.78. The minimum atomic E-state index is 0.313. The Labute approximate surface area is 178 Å². The molecule has 0 aliphatic carbocycles. The summed E-state index contributed by atoms with van der Waals surface area (Å²) >= 11 is 6.04. The second-order valence-electron chi connectivity index (χ2n) is 7.18. The van der Waals surface area contributed by atoms with Crippen LogP contribution in [0.1, 0.15) is 29.5 Å². The quantitative estimate of drug-likeness (QED) is 0.506. The summed E-state index contributed by atoms with van der Waals surface area (Å²) in [4.78, 5) is 4.30. The minimum absolute atomic E-state index is 0.313. The molecule has 1 heterocycles. The number of hydrogen-bond acceptors (Lipinski definition) is 3. The molecule has 1 saturated heterocycles. The molecule has 0 radical (unpaired) electrons. The molecular weight excluding hydrogens is 386 g/mol. The first-order valence-electron chi connectivity index (χ1n) is 10.2. The maximum absolute atomic E-state index is 6.04. The lowest BCUT2D eigenvalue weighted by atomic mass is 10.1. The molecule has 0 unspecified atom stereocenters. The van der Waals surface area contributed by atoms with E-state index in [0.717, 1.165) is 50.0 Å². The normalized spacial score (nSPS) is 15.3. The Kier molecular flexibility index (Phi) is 8.81. The Balaban J connectivity index is 1.41. The Bertz CT molecular complexity index is 791. The third-order valence-electron chi connectivity index (χ3n) is 4.92. The first kappa shape index (κ1) is 21.6. The highest BCUT2D eigenvalue weighted by atomic mass is 35.5. The molecule has 2 aromatic carbocycles. The van der Waals surface area contributed by atoms with Gasteiger partial charge in [-0.3, -0.25) is 4.99 Å². The van der Waals surface area contributed by atoms with Gasteiger partial charge in [0.25, 0.3) is 0 Å². The van der Waals surface area contributed by atoms with Crippen LogP contribution < -0.4 is 10.6 Å². The van der Waals surface area contributed by atoms with Gasteiger partial charge in [-0.1, -0.05) is 48.0 Å². The number of aliphatic imine (C=N–C) groups is 1. The molecule has 156 valence electrons. The van der Waals surface area contributed by atoms with Gasteiger partial charge in [0.2, 0.25) is 0 Å². The van der Waals surface area contributed by atoms with E-state index in [1.165, 1.54) is 16.7 Å². The predicted octanol–water partition coefficient (Wildman–Crippen LogP) is 3.94. The van der Waals surface area contributed by atoms with Gasteiger partial charge in [-0.05, 0) is 48.1 Å². The lowest BCUT2D eigenvalue weighted by Gasteiger charge is -2.22. The molecule has 5 nitrogen and oxygen atoms in total. The van der Waals surface area contributed by atoms with Crippen LogP contribution in [-0.2, 0) is 29.0 Å². The van der Waals surface area contributed by atoms with E-state index in [9.17, 15) is 0 Å². The van der Waals surface area contributed by atoms with Crippen molar-refractivity contribution >= 4 is 17.6 Å². The van der Waals surface area contributed by atoms with Crippen molar-refractivity contribution < 1.29 is 9.47 Å². The zero-order valence-electron chi connectivity index (χ0n) is 17.0. The number of halogens is 1. The Morgan fingerprint density at radius 2 is 1.83 bits per heavy atom. The third-order valence-corrected chi connectivity index (χ3v) is 5.16. The minimum Gasteiger partial charge on any atom is -0.381 e. The van der Waals surface area contributed by atoms with Crippen LogP contribution in [0.3, 0.4) is 0 Å². The number of nitrogens with zero attached hydrogens (tertiary/aromatic N) is 1. The maximum Gasteiger partial charge on any atom is 0.191 e. The molecule has 0 saturated carbocycles. The van der Waals surface area contributed by atoms with Gasteiger partial charge in [-0.25, -0.2) is 0 Å². The monoisotopic (exact) mass is 415 g/mol. The number of hydrogen-bond donors (Lipinski definition) is 2. The molecule has 1 aliphatic rings. The topological polar surface area (TPSA) is 54.9 Å². The summed E-state index contributed by atoms with van der Waals surface area (Å²) in [6.45, 7) is 3.75. The zero-order chi connectivity index (χ0) is 20.3. The van der Waals surface area contributed by atoms with Gasteiger partial charge >= 0.3 is 0 Å². The highest BCUT2D eigenvalue weighted by molar-refractivity contribution is 6.30. The molecule has 0 amide bonds. The Morgan fingerprint density at radius 3 is 2.62 bits per heavy atom. The molecular formula is C23H30ClN3O2. The highest BCUT2D eigenvalue weighted by Crippen LogP contribution is 2.14. The summed E-state index contributed by atoms with van der Waals surface area (Å²) in [6, 6.07) is 16.4. The average molecular weight is 416 g/mol. The molecule has 2 aromatic rings. The molecule has 1 aliphatic heterocycles. The lowest BCUT2D eigenvalue weighted by molar-refractivity contribution is -0.0390. The SMILES string of the molecule is CN=C(NCCc1cccc(Cl)c1)NCc1cccc(COC2CCOCC2)c1. The Hall–Kier alpha value is -2.08. The van der Waals surface area contributed by atoms with Crippen molar-refractivity contribution in [3.63, 3.8) is 0 Å². The largest absolute Gasteiger partial charge is 0.381 e. The number of ether oxygens (including phenoxy) is 2. The lowest BCUT2D eigenvalue weighted by Crippen LogP contribution is -2.37. The first-order chi connectivity index (χ1) is 14.2.